The summed E-state index contributed by atoms with van der Waals surface area (Å²) in [6.07, 6.45) is 3.45. The van der Waals surface area contributed by atoms with E-state index in [2.05, 4.69) is 17.2 Å². The van der Waals surface area contributed by atoms with Crippen LogP contribution in [0.3, 0.4) is 0 Å². The number of piperidine rings is 1. The van der Waals surface area contributed by atoms with Crippen molar-refractivity contribution in [2.24, 2.45) is 5.92 Å². The Hall–Kier alpha value is -1.82. The summed E-state index contributed by atoms with van der Waals surface area (Å²) >= 11 is 0. The number of hydrogen-bond acceptors (Lipinski definition) is 5. The van der Waals surface area contributed by atoms with E-state index in [4.69, 9.17) is 9.47 Å². The van der Waals surface area contributed by atoms with Crippen molar-refractivity contribution in [3.8, 4) is 5.88 Å². The monoisotopic (exact) mass is 335 g/mol. The van der Waals surface area contributed by atoms with Gasteiger partial charge in [-0.25, -0.2) is 9.78 Å². The molecule has 1 atom stereocenters. The molecule has 0 bridgehead atoms. The van der Waals surface area contributed by atoms with Gasteiger partial charge in [-0.3, -0.25) is 0 Å². The van der Waals surface area contributed by atoms with Crippen LogP contribution in [0.25, 0.3) is 0 Å². The Labute approximate surface area is 144 Å². The molecule has 1 amide bonds. The minimum Gasteiger partial charge on any atom is -0.481 e. The molecule has 2 heterocycles. The highest BCUT2D eigenvalue weighted by molar-refractivity contribution is 5.67. The molecule has 24 heavy (non-hydrogen) atoms. The maximum Gasteiger partial charge on any atom is 0.409 e. The number of hydrogen-bond donors (Lipinski definition) is 1. The first-order valence-electron chi connectivity index (χ1n) is 8.67. The molecule has 1 N–H and O–H groups in total. The highest BCUT2D eigenvalue weighted by atomic mass is 16.6. The van der Waals surface area contributed by atoms with Crippen LogP contribution >= 0.6 is 0 Å². The van der Waals surface area contributed by atoms with E-state index in [9.17, 15) is 4.79 Å². The van der Waals surface area contributed by atoms with E-state index in [0.717, 1.165) is 31.5 Å². The second-order valence-electron chi connectivity index (χ2n) is 6.75. The molecule has 1 fully saturated rings. The number of nitrogens with one attached hydrogen (secondary N) is 1. The first-order chi connectivity index (χ1) is 11.5. The number of methoxy groups -OCH3 is 1. The fourth-order valence-electron chi connectivity index (χ4n) is 2.81. The molecule has 1 saturated heterocycles. The Morgan fingerprint density at radius 1 is 1.38 bits per heavy atom. The molecule has 1 aliphatic heterocycles. The maximum atomic E-state index is 12.0. The van der Waals surface area contributed by atoms with Crippen LogP contribution in [-0.4, -0.2) is 48.8 Å². The van der Waals surface area contributed by atoms with Crippen LogP contribution in [0.2, 0.25) is 0 Å². The number of ether oxygens (including phenoxy) is 2. The van der Waals surface area contributed by atoms with Gasteiger partial charge in [-0.05, 0) is 37.3 Å². The van der Waals surface area contributed by atoms with Crippen molar-refractivity contribution >= 4 is 6.09 Å². The van der Waals surface area contributed by atoms with Gasteiger partial charge in [0.1, 0.15) is 0 Å². The summed E-state index contributed by atoms with van der Waals surface area (Å²) in [4.78, 5) is 17.9. The number of nitrogens with zero attached hydrogens (tertiary/aromatic N) is 2. The Kier molecular flexibility index (Phi) is 6.85. The van der Waals surface area contributed by atoms with E-state index in [1.54, 1.807) is 18.2 Å². The minimum atomic E-state index is -0.186. The van der Waals surface area contributed by atoms with E-state index in [1.807, 2.05) is 26.0 Å². The SMILES string of the molecule is COc1cc(C(C)NC2CCN(C(=O)OCC(C)C)CC2)ccn1. The lowest BCUT2D eigenvalue weighted by molar-refractivity contribution is 0.0812. The molecule has 0 aliphatic carbocycles. The van der Waals surface area contributed by atoms with Crippen LogP contribution in [0.1, 0.15) is 45.2 Å². The van der Waals surface area contributed by atoms with Gasteiger partial charge >= 0.3 is 6.09 Å². The Morgan fingerprint density at radius 3 is 2.71 bits per heavy atom. The van der Waals surface area contributed by atoms with Crippen LogP contribution in [-0.2, 0) is 4.74 Å². The number of pyridine rings is 1. The van der Waals surface area contributed by atoms with Crippen molar-refractivity contribution in [1.82, 2.24) is 15.2 Å². The maximum absolute atomic E-state index is 12.0. The average Bonchev–Trinajstić information content (AvgIpc) is 2.60. The summed E-state index contributed by atoms with van der Waals surface area (Å²) in [7, 11) is 1.62. The normalized spacial score (nSPS) is 17.0. The average molecular weight is 335 g/mol. The summed E-state index contributed by atoms with van der Waals surface area (Å²) in [5, 5.41) is 3.63. The molecule has 134 valence electrons. The molecule has 1 aromatic heterocycles. The van der Waals surface area contributed by atoms with Gasteiger partial charge in [0.15, 0.2) is 0 Å². The molecular formula is C18H29N3O3. The van der Waals surface area contributed by atoms with Gasteiger partial charge < -0.3 is 19.7 Å². The fourth-order valence-corrected chi connectivity index (χ4v) is 2.81. The Bertz CT molecular complexity index is 528. The van der Waals surface area contributed by atoms with Crippen molar-refractivity contribution in [3.63, 3.8) is 0 Å². The first kappa shape index (κ1) is 18.5. The van der Waals surface area contributed by atoms with E-state index < -0.39 is 0 Å². The van der Waals surface area contributed by atoms with Crippen molar-refractivity contribution in [1.29, 1.82) is 0 Å². The lowest BCUT2D eigenvalue weighted by Gasteiger charge is -2.33. The smallest absolute Gasteiger partial charge is 0.409 e. The van der Waals surface area contributed by atoms with Gasteiger partial charge in [0.2, 0.25) is 5.88 Å². The highest BCUT2D eigenvalue weighted by Gasteiger charge is 2.25. The van der Waals surface area contributed by atoms with E-state index >= 15 is 0 Å². The summed E-state index contributed by atoms with van der Waals surface area (Å²) in [5.41, 5.74) is 1.15. The summed E-state index contributed by atoms with van der Waals surface area (Å²) < 4.78 is 10.5. The molecule has 2 rings (SSSR count). The van der Waals surface area contributed by atoms with Gasteiger partial charge in [-0.2, -0.15) is 0 Å². The van der Waals surface area contributed by atoms with E-state index in [0.29, 0.717) is 24.4 Å². The standard InChI is InChI=1S/C18H29N3O3/c1-13(2)12-24-18(22)21-9-6-16(7-10-21)20-14(3)15-5-8-19-17(11-15)23-4/h5,8,11,13-14,16,20H,6-7,9-10,12H2,1-4H3. The van der Waals surface area contributed by atoms with Crippen molar-refractivity contribution in [3.05, 3.63) is 23.9 Å². The van der Waals surface area contributed by atoms with Crippen molar-refractivity contribution < 1.29 is 14.3 Å². The Morgan fingerprint density at radius 2 is 2.08 bits per heavy atom. The molecule has 1 aliphatic rings. The molecule has 0 radical (unpaired) electrons. The quantitative estimate of drug-likeness (QED) is 0.866. The number of aromatic nitrogens is 1. The lowest BCUT2D eigenvalue weighted by atomic mass is 10.0. The van der Waals surface area contributed by atoms with Crippen LogP contribution < -0.4 is 10.1 Å². The Balaban J connectivity index is 1.79. The fraction of sp³-hybridized carbons (Fsp3) is 0.667. The number of carbonyl (C=O) groups excluding carboxylic acids is 1. The minimum absolute atomic E-state index is 0.186. The molecule has 0 aromatic carbocycles. The third-order valence-electron chi connectivity index (χ3n) is 4.25. The molecule has 1 aromatic rings. The van der Waals surface area contributed by atoms with Crippen LogP contribution in [0.5, 0.6) is 5.88 Å². The molecule has 1 unspecified atom stereocenters. The van der Waals surface area contributed by atoms with Crippen LogP contribution in [0.15, 0.2) is 18.3 Å². The molecule has 6 heteroatoms. The van der Waals surface area contributed by atoms with Gasteiger partial charge in [0, 0.05) is 37.4 Å². The number of likely N-dealkylation sites (tertiary alicyclic amines) is 1. The molecule has 0 spiro atoms. The second kappa shape index (κ2) is 8.87. The van der Waals surface area contributed by atoms with E-state index in [1.165, 1.54) is 0 Å². The van der Waals surface area contributed by atoms with Gasteiger partial charge in [-0.15, -0.1) is 0 Å². The first-order valence-corrected chi connectivity index (χ1v) is 8.67. The topological polar surface area (TPSA) is 63.7 Å². The molecule has 0 saturated carbocycles. The zero-order valence-electron chi connectivity index (χ0n) is 15.1. The third-order valence-corrected chi connectivity index (χ3v) is 4.25. The van der Waals surface area contributed by atoms with Gasteiger partial charge in [0.05, 0.1) is 13.7 Å². The second-order valence-corrected chi connectivity index (χ2v) is 6.75. The summed E-state index contributed by atoms with van der Waals surface area (Å²) in [6.45, 7) is 8.18. The molecular weight excluding hydrogens is 306 g/mol. The highest BCUT2D eigenvalue weighted by Crippen LogP contribution is 2.20. The number of amides is 1. The lowest BCUT2D eigenvalue weighted by Crippen LogP contribution is -2.45. The number of carbonyl (C=O) groups is 1. The van der Waals surface area contributed by atoms with Gasteiger partial charge in [-0.1, -0.05) is 13.8 Å². The zero-order valence-corrected chi connectivity index (χ0v) is 15.1. The largest absolute Gasteiger partial charge is 0.481 e. The van der Waals surface area contributed by atoms with E-state index in [-0.39, 0.29) is 12.1 Å². The van der Waals surface area contributed by atoms with Crippen molar-refractivity contribution in [2.75, 3.05) is 26.8 Å². The predicted octanol–water partition coefficient (Wildman–Crippen LogP) is 3.00. The van der Waals surface area contributed by atoms with Gasteiger partial charge in [0.25, 0.3) is 0 Å². The number of rotatable bonds is 6. The molecule has 6 nitrogen and oxygen atoms in total. The summed E-state index contributed by atoms with van der Waals surface area (Å²) in [5.74, 6) is 0.996. The van der Waals surface area contributed by atoms with Crippen LogP contribution in [0.4, 0.5) is 4.79 Å². The third kappa shape index (κ3) is 5.37. The predicted molar refractivity (Wildman–Crippen MR) is 93.1 cm³/mol. The van der Waals surface area contributed by atoms with Crippen molar-refractivity contribution in [2.45, 2.75) is 45.7 Å². The van der Waals surface area contributed by atoms with Crippen LogP contribution in [0, 0.1) is 5.92 Å². The zero-order chi connectivity index (χ0) is 17.5. The summed E-state index contributed by atoms with van der Waals surface area (Å²) in [6, 6.07) is 4.56.